The Labute approximate surface area is 160 Å². The van der Waals surface area contributed by atoms with Gasteiger partial charge in [0.15, 0.2) is 0 Å². The number of carbonyl (C=O) groups excluding carboxylic acids is 2. The second-order valence-electron chi connectivity index (χ2n) is 7.38. The highest BCUT2D eigenvalue weighted by Gasteiger charge is 2.38. The molecule has 6 nitrogen and oxygen atoms in total. The summed E-state index contributed by atoms with van der Waals surface area (Å²) < 4.78 is 16.4. The van der Waals surface area contributed by atoms with Crippen molar-refractivity contribution in [2.24, 2.45) is 11.8 Å². The third-order valence-corrected chi connectivity index (χ3v) is 6.07. The van der Waals surface area contributed by atoms with Crippen LogP contribution in [0.3, 0.4) is 0 Å². The van der Waals surface area contributed by atoms with E-state index in [9.17, 15) is 14.7 Å². The maximum atomic E-state index is 12.3. The molecule has 0 aromatic heterocycles. The Hall–Kier alpha value is -0.790. The number of esters is 2. The number of aliphatic hydroxyl groups excluding tert-OH is 1. The van der Waals surface area contributed by atoms with Gasteiger partial charge in [0.2, 0.25) is 0 Å². The molecule has 26 heavy (non-hydrogen) atoms. The molecule has 7 atom stereocenters. The molecule has 0 bridgehead atoms. The largest absolute Gasteiger partial charge is 0.451 e. The average molecular weight is 389 g/mol. The molecule has 1 saturated carbocycles. The Morgan fingerprint density at radius 1 is 1.23 bits per heavy atom. The highest BCUT2D eigenvalue weighted by atomic mass is 32.2. The number of thioether (sulfide) groups is 1. The van der Waals surface area contributed by atoms with E-state index in [0.717, 1.165) is 25.7 Å². The lowest BCUT2D eigenvalue weighted by molar-refractivity contribution is -0.152. The third kappa shape index (κ3) is 6.74. The van der Waals surface area contributed by atoms with Crippen LogP contribution in [0.5, 0.6) is 0 Å². The first-order valence-electron chi connectivity index (χ1n) is 9.70. The molecule has 7 unspecified atom stereocenters. The first kappa shape index (κ1) is 21.5. The fourth-order valence-corrected chi connectivity index (χ4v) is 4.25. The van der Waals surface area contributed by atoms with E-state index >= 15 is 0 Å². The van der Waals surface area contributed by atoms with Crippen LogP contribution in [0, 0.1) is 11.8 Å². The SMILES string of the molecule is CCC(CC1OC1C)C(=O)OC(C)SC(C)OC(=O)C1CCCC(O)C1. The van der Waals surface area contributed by atoms with E-state index in [0.29, 0.717) is 12.8 Å². The van der Waals surface area contributed by atoms with E-state index in [2.05, 4.69) is 0 Å². The first-order chi connectivity index (χ1) is 12.3. The van der Waals surface area contributed by atoms with Crippen molar-refractivity contribution >= 4 is 23.7 Å². The van der Waals surface area contributed by atoms with Gasteiger partial charge in [-0.3, -0.25) is 9.59 Å². The standard InChI is InChI=1S/C19H32O6S/c1-5-14(10-17-11(2)23-17)18(21)24-12(3)26-13(4)25-19(22)15-7-6-8-16(20)9-15/h11-17,20H,5-10H2,1-4H3. The molecule has 2 aliphatic rings. The number of rotatable bonds is 9. The summed E-state index contributed by atoms with van der Waals surface area (Å²) in [4.78, 5) is 24.5. The van der Waals surface area contributed by atoms with Gasteiger partial charge in [0, 0.05) is 0 Å². The van der Waals surface area contributed by atoms with Crippen molar-refractivity contribution < 1.29 is 28.9 Å². The Kier molecular flexibility index (Phi) is 8.23. The summed E-state index contributed by atoms with van der Waals surface area (Å²) in [6.45, 7) is 7.55. The maximum absolute atomic E-state index is 12.3. The van der Waals surface area contributed by atoms with Crippen LogP contribution < -0.4 is 0 Å². The fraction of sp³-hybridized carbons (Fsp3) is 0.895. The molecule has 0 radical (unpaired) electrons. The zero-order chi connectivity index (χ0) is 19.3. The number of aliphatic hydroxyl groups is 1. The van der Waals surface area contributed by atoms with Gasteiger partial charge >= 0.3 is 11.9 Å². The Bertz CT molecular complexity index is 485. The van der Waals surface area contributed by atoms with Crippen LogP contribution in [0.4, 0.5) is 0 Å². The number of epoxide rings is 1. The quantitative estimate of drug-likeness (QED) is 0.369. The van der Waals surface area contributed by atoms with Crippen molar-refractivity contribution in [3.63, 3.8) is 0 Å². The van der Waals surface area contributed by atoms with Crippen molar-refractivity contribution in [3.05, 3.63) is 0 Å². The molecule has 2 fully saturated rings. The zero-order valence-corrected chi connectivity index (χ0v) is 17.0. The van der Waals surface area contributed by atoms with Gasteiger partial charge in [-0.05, 0) is 52.9 Å². The molecule has 7 heteroatoms. The Balaban J connectivity index is 1.70. The maximum Gasteiger partial charge on any atom is 0.310 e. The van der Waals surface area contributed by atoms with Gasteiger partial charge in [0.05, 0.1) is 30.1 Å². The number of hydrogen-bond acceptors (Lipinski definition) is 7. The first-order valence-corrected chi connectivity index (χ1v) is 10.6. The molecule has 1 saturated heterocycles. The van der Waals surface area contributed by atoms with Crippen molar-refractivity contribution in [1.29, 1.82) is 0 Å². The minimum atomic E-state index is -0.409. The fourth-order valence-electron chi connectivity index (χ4n) is 3.41. The van der Waals surface area contributed by atoms with Crippen molar-refractivity contribution in [2.45, 2.75) is 95.4 Å². The number of carbonyl (C=O) groups is 2. The van der Waals surface area contributed by atoms with Crippen molar-refractivity contribution in [1.82, 2.24) is 0 Å². The van der Waals surface area contributed by atoms with Crippen molar-refractivity contribution in [2.75, 3.05) is 0 Å². The van der Waals surface area contributed by atoms with E-state index in [4.69, 9.17) is 14.2 Å². The van der Waals surface area contributed by atoms with Crippen LogP contribution in [-0.4, -0.2) is 46.2 Å². The summed E-state index contributed by atoms with van der Waals surface area (Å²) >= 11 is 1.30. The topological polar surface area (TPSA) is 85.4 Å². The molecule has 1 aliphatic heterocycles. The van der Waals surface area contributed by atoms with E-state index in [1.165, 1.54) is 11.8 Å². The minimum absolute atomic E-state index is 0.158. The molecular weight excluding hydrogens is 356 g/mol. The second kappa shape index (κ2) is 9.95. The van der Waals surface area contributed by atoms with E-state index < -0.39 is 17.0 Å². The highest BCUT2D eigenvalue weighted by molar-refractivity contribution is 8.00. The summed E-state index contributed by atoms with van der Waals surface area (Å²) in [5, 5.41) is 9.69. The van der Waals surface area contributed by atoms with Crippen LogP contribution in [-0.2, 0) is 23.8 Å². The summed E-state index contributed by atoms with van der Waals surface area (Å²) in [5.74, 6) is -0.878. The molecule has 2 rings (SSSR count). The van der Waals surface area contributed by atoms with Crippen LogP contribution in [0.25, 0.3) is 0 Å². The summed E-state index contributed by atoms with van der Waals surface area (Å²) in [6.07, 6.45) is 4.25. The molecule has 1 N–H and O–H groups in total. The highest BCUT2D eigenvalue weighted by Crippen LogP contribution is 2.31. The van der Waals surface area contributed by atoms with E-state index in [-0.39, 0.29) is 36.0 Å². The smallest absolute Gasteiger partial charge is 0.310 e. The second-order valence-corrected chi connectivity index (χ2v) is 8.98. The Morgan fingerprint density at radius 2 is 1.88 bits per heavy atom. The van der Waals surface area contributed by atoms with Crippen LogP contribution in [0.1, 0.15) is 66.2 Å². The van der Waals surface area contributed by atoms with Gasteiger partial charge in [-0.1, -0.05) is 25.1 Å². The van der Waals surface area contributed by atoms with Gasteiger partial charge < -0.3 is 19.3 Å². The third-order valence-electron chi connectivity index (χ3n) is 5.11. The van der Waals surface area contributed by atoms with Gasteiger partial charge in [0.1, 0.15) is 10.9 Å². The summed E-state index contributed by atoms with van der Waals surface area (Å²) in [7, 11) is 0. The van der Waals surface area contributed by atoms with Crippen LogP contribution in [0.2, 0.25) is 0 Å². The van der Waals surface area contributed by atoms with Gasteiger partial charge in [-0.2, -0.15) is 0 Å². The molecule has 150 valence electrons. The molecule has 0 amide bonds. The molecular formula is C19H32O6S. The molecule has 0 spiro atoms. The zero-order valence-electron chi connectivity index (χ0n) is 16.2. The molecule has 1 aliphatic carbocycles. The minimum Gasteiger partial charge on any atom is -0.451 e. The van der Waals surface area contributed by atoms with Crippen molar-refractivity contribution in [3.8, 4) is 0 Å². The molecule has 1 heterocycles. The predicted molar refractivity (Wildman–Crippen MR) is 99.4 cm³/mol. The van der Waals surface area contributed by atoms with Gasteiger partial charge in [-0.25, -0.2) is 0 Å². The van der Waals surface area contributed by atoms with E-state index in [1.54, 1.807) is 13.8 Å². The van der Waals surface area contributed by atoms with E-state index in [1.807, 2.05) is 13.8 Å². The Morgan fingerprint density at radius 3 is 2.46 bits per heavy atom. The van der Waals surface area contributed by atoms with Crippen LogP contribution in [0.15, 0.2) is 0 Å². The normalized spacial score (nSPS) is 31.6. The molecule has 0 aromatic rings. The summed E-state index contributed by atoms with van der Waals surface area (Å²) in [5.41, 5.74) is -0.801. The average Bonchev–Trinajstić information content (AvgIpc) is 3.27. The monoisotopic (exact) mass is 388 g/mol. The molecule has 0 aromatic carbocycles. The number of ether oxygens (including phenoxy) is 3. The lowest BCUT2D eigenvalue weighted by atomic mass is 9.87. The lowest BCUT2D eigenvalue weighted by Gasteiger charge is -2.26. The van der Waals surface area contributed by atoms with Crippen LogP contribution >= 0.6 is 11.8 Å². The predicted octanol–water partition coefficient (Wildman–Crippen LogP) is 3.25. The van der Waals surface area contributed by atoms with Gasteiger partial charge in [0.25, 0.3) is 0 Å². The lowest BCUT2D eigenvalue weighted by Crippen LogP contribution is -2.29. The summed E-state index contributed by atoms with van der Waals surface area (Å²) in [6, 6.07) is 0. The number of hydrogen-bond donors (Lipinski definition) is 1. The van der Waals surface area contributed by atoms with Gasteiger partial charge in [-0.15, -0.1) is 0 Å².